The van der Waals surface area contributed by atoms with Crippen LogP contribution in [0.15, 0.2) is 47.5 Å². The summed E-state index contributed by atoms with van der Waals surface area (Å²) in [5.74, 6) is 0. The van der Waals surface area contributed by atoms with E-state index in [1.54, 1.807) is 18.3 Å². The number of hydrogen-bond donors (Lipinski definition) is 1. The van der Waals surface area contributed by atoms with E-state index >= 15 is 0 Å². The fourth-order valence-electron chi connectivity index (χ4n) is 2.82. The second-order valence-electron chi connectivity index (χ2n) is 6.07. The highest BCUT2D eigenvalue weighted by Crippen LogP contribution is 2.31. The zero-order valence-electron chi connectivity index (χ0n) is 14.7. The van der Waals surface area contributed by atoms with E-state index in [2.05, 4.69) is 10.3 Å². The van der Waals surface area contributed by atoms with Crippen LogP contribution in [-0.4, -0.2) is 48.9 Å². The number of ether oxygens (including phenoxy) is 1. The van der Waals surface area contributed by atoms with E-state index in [4.69, 9.17) is 4.74 Å². The summed E-state index contributed by atoms with van der Waals surface area (Å²) in [5, 5.41) is 14.6. The van der Waals surface area contributed by atoms with Crippen molar-refractivity contribution in [2.75, 3.05) is 31.6 Å². The van der Waals surface area contributed by atoms with E-state index in [1.165, 1.54) is 16.4 Å². The molecule has 1 atom stereocenters. The molecule has 2 heterocycles. The van der Waals surface area contributed by atoms with Gasteiger partial charge in [-0.05, 0) is 31.2 Å². The molecule has 0 aliphatic carbocycles. The van der Waals surface area contributed by atoms with Crippen molar-refractivity contribution in [2.45, 2.75) is 17.9 Å². The number of sulfonamides is 1. The average molecular weight is 392 g/mol. The highest BCUT2D eigenvalue weighted by molar-refractivity contribution is 7.89. The molecule has 0 spiro atoms. The van der Waals surface area contributed by atoms with Crippen molar-refractivity contribution in [3.8, 4) is 0 Å². The topological polar surface area (TPSA) is 115 Å². The average Bonchev–Trinajstić information content (AvgIpc) is 2.69. The number of benzene rings is 1. The van der Waals surface area contributed by atoms with Crippen LogP contribution in [0.1, 0.15) is 18.7 Å². The van der Waals surface area contributed by atoms with Crippen LogP contribution in [0, 0.1) is 10.1 Å². The predicted molar refractivity (Wildman–Crippen MR) is 98.9 cm³/mol. The molecule has 1 fully saturated rings. The van der Waals surface area contributed by atoms with Gasteiger partial charge in [0.05, 0.1) is 34.8 Å². The standard InChI is InChI=1S/C17H20N4O5S/c1-13(15-4-2-3-7-18-15)19-16-6-5-14(12-17(16)21(22)23)27(24,25)20-8-10-26-11-9-20/h2-7,12-13,19H,8-11H2,1H3. The van der Waals surface area contributed by atoms with Gasteiger partial charge in [-0.1, -0.05) is 6.07 Å². The van der Waals surface area contributed by atoms with Crippen LogP contribution in [0.4, 0.5) is 11.4 Å². The Balaban J connectivity index is 1.90. The molecule has 1 aliphatic heterocycles. The Kier molecular flexibility index (Phi) is 5.68. The molecule has 0 bridgehead atoms. The third-order valence-electron chi connectivity index (χ3n) is 4.28. The summed E-state index contributed by atoms with van der Waals surface area (Å²) in [4.78, 5) is 15.0. The second kappa shape index (κ2) is 7.99. The predicted octanol–water partition coefficient (Wildman–Crippen LogP) is 2.18. The van der Waals surface area contributed by atoms with Crippen molar-refractivity contribution in [1.29, 1.82) is 0 Å². The van der Waals surface area contributed by atoms with Gasteiger partial charge in [0.2, 0.25) is 10.0 Å². The molecule has 27 heavy (non-hydrogen) atoms. The molecule has 10 heteroatoms. The Morgan fingerprint density at radius 2 is 2.00 bits per heavy atom. The van der Waals surface area contributed by atoms with Crippen LogP contribution in [0.2, 0.25) is 0 Å². The molecular weight excluding hydrogens is 372 g/mol. The van der Waals surface area contributed by atoms with Crippen LogP contribution < -0.4 is 5.32 Å². The van der Waals surface area contributed by atoms with Gasteiger partial charge in [-0.3, -0.25) is 15.1 Å². The summed E-state index contributed by atoms with van der Waals surface area (Å²) in [6, 6.07) is 9.03. The van der Waals surface area contributed by atoms with E-state index < -0.39 is 14.9 Å². The van der Waals surface area contributed by atoms with Crippen molar-refractivity contribution in [2.24, 2.45) is 0 Å². The molecule has 0 radical (unpaired) electrons. The van der Waals surface area contributed by atoms with Crippen LogP contribution in [-0.2, 0) is 14.8 Å². The first-order chi connectivity index (χ1) is 12.9. The summed E-state index contributed by atoms with van der Waals surface area (Å²) in [5.41, 5.74) is 0.656. The molecule has 3 rings (SSSR count). The number of nitro benzene ring substituents is 1. The van der Waals surface area contributed by atoms with Gasteiger partial charge in [-0.25, -0.2) is 8.42 Å². The molecule has 1 N–H and O–H groups in total. The quantitative estimate of drug-likeness (QED) is 0.592. The van der Waals surface area contributed by atoms with Gasteiger partial charge in [-0.15, -0.1) is 0 Å². The summed E-state index contributed by atoms with van der Waals surface area (Å²) in [7, 11) is -3.81. The number of anilines is 1. The van der Waals surface area contributed by atoms with Crippen molar-refractivity contribution in [3.05, 3.63) is 58.4 Å². The lowest BCUT2D eigenvalue weighted by molar-refractivity contribution is -0.384. The molecule has 1 unspecified atom stereocenters. The highest BCUT2D eigenvalue weighted by Gasteiger charge is 2.29. The second-order valence-corrected chi connectivity index (χ2v) is 8.01. The Morgan fingerprint density at radius 1 is 1.26 bits per heavy atom. The van der Waals surface area contributed by atoms with Gasteiger partial charge < -0.3 is 10.1 Å². The van der Waals surface area contributed by atoms with E-state index in [9.17, 15) is 18.5 Å². The van der Waals surface area contributed by atoms with Gasteiger partial charge in [0.15, 0.2) is 0 Å². The van der Waals surface area contributed by atoms with E-state index in [0.717, 1.165) is 11.8 Å². The number of nitro groups is 1. The van der Waals surface area contributed by atoms with Crippen molar-refractivity contribution >= 4 is 21.4 Å². The Bertz CT molecular complexity index is 914. The maximum Gasteiger partial charge on any atom is 0.293 e. The number of pyridine rings is 1. The first-order valence-electron chi connectivity index (χ1n) is 8.43. The van der Waals surface area contributed by atoms with Crippen LogP contribution >= 0.6 is 0 Å². The molecule has 1 aromatic heterocycles. The van der Waals surface area contributed by atoms with E-state index in [0.29, 0.717) is 13.2 Å². The Hall–Kier alpha value is -2.56. The summed E-state index contributed by atoms with van der Waals surface area (Å²) in [6.45, 7) is 2.90. The van der Waals surface area contributed by atoms with Crippen molar-refractivity contribution in [1.82, 2.24) is 9.29 Å². The summed E-state index contributed by atoms with van der Waals surface area (Å²) < 4.78 is 31.9. The number of nitrogens with zero attached hydrogens (tertiary/aromatic N) is 3. The number of aromatic nitrogens is 1. The summed E-state index contributed by atoms with van der Waals surface area (Å²) in [6.07, 6.45) is 1.64. The normalized spacial score (nSPS) is 16.6. The molecule has 144 valence electrons. The van der Waals surface area contributed by atoms with Gasteiger partial charge >= 0.3 is 0 Å². The molecule has 1 aliphatic rings. The van der Waals surface area contributed by atoms with Crippen LogP contribution in [0.3, 0.4) is 0 Å². The first-order valence-corrected chi connectivity index (χ1v) is 9.87. The molecule has 1 aromatic carbocycles. The number of rotatable bonds is 6. The molecule has 9 nitrogen and oxygen atoms in total. The Labute approximate surface area is 157 Å². The molecular formula is C17H20N4O5S. The lowest BCUT2D eigenvalue weighted by atomic mass is 10.2. The van der Waals surface area contributed by atoms with E-state index in [1.807, 2.05) is 13.0 Å². The van der Waals surface area contributed by atoms with Crippen molar-refractivity contribution < 1.29 is 18.1 Å². The fourth-order valence-corrected chi connectivity index (χ4v) is 4.25. The third-order valence-corrected chi connectivity index (χ3v) is 6.17. The minimum Gasteiger partial charge on any atom is -0.379 e. The van der Waals surface area contributed by atoms with Gasteiger partial charge in [0.1, 0.15) is 5.69 Å². The smallest absolute Gasteiger partial charge is 0.293 e. The van der Waals surface area contributed by atoms with Gasteiger partial charge in [0.25, 0.3) is 5.69 Å². The van der Waals surface area contributed by atoms with Crippen molar-refractivity contribution in [3.63, 3.8) is 0 Å². The number of morpholine rings is 1. The lowest BCUT2D eigenvalue weighted by Gasteiger charge is -2.26. The van der Waals surface area contributed by atoms with Gasteiger partial charge in [-0.2, -0.15) is 4.31 Å². The number of hydrogen-bond acceptors (Lipinski definition) is 7. The SMILES string of the molecule is CC(Nc1ccc(S(=O)(=O)N2CCOCC2)cc1[N+](=O)[O-])c1ccccn1. The van der Waals surface area contributed by atoms with Crippen LogP contribution in [0.25, 0.3) is 0 Å². The maximum atomic E-state index is 12.7. The summed E-state index contributed by atoms with van der Waals surface area (Å²) >= 11 is 0. The lowest BCUT2D eigenvalue weighted by Crippen LogP contribution is -2.40. The first kappa shape index (κ1) is 19.2. The zero-order chi connectivity index (χ0) is 19.4. The zero-order valence-corrected chi connectivity index (χ0v) is 15.6. The minimum atomic E-state index is -3.81. The minimum absolute atomic E-state index is 0.105. The number of nitrogens with one attached hydrogen (secondary N) is 1. The Morgan fingerprint density at radius 3 is 2.63 bits per heavy atom. The maximum absolute atomic E-state index is 12.7. The third kappa shape index (κ3) is 4.24. The molecule has 0 saturated carbocycles. The molecule has 1 saturated heterocycles. The van der Waals surface area contributed by atoms with Crippen LogP contribution in [0.5, 0.6) is 0 Å². The van der Waals surface area contributed by atoms with Gasteiger partial charge in [0, 0.05) is 25.4 Å². The highest BCUT2D eigenvalue weighted by atomic mass is 32.2. The fraction of sp³-hybridized carbons (Fsp3) is 0.353. The largest absolute Gasteiger partial charge is 0.379 e. The molecule has 2 aromatic rings. The molecule has 0 amide bonds. The monoisotopic (exact) mass is 392 g/mol. The van der Waals surface area contributed by atoms with E-state index in [-0.39, 0.29) is 35.4 Å².